The van der Waals surface area contributed by atoms with Crippen molar-refractivity contribution in [2.45, 2.75) is 18.9 Å². The monoisotopic (exact) mass is 324 g/mol. The Labute approximate surface area is 138 Å². The Balaban J connectivity index is 1.69. The highest BCUT2D eigenvalue weighted by molar-refractivity contribution is 5.70. The zero-order chi connectivity index (χ0) is 16.7. The van der Waals surface area contributed by atoms with Crippen LogP contribution < -0.4 is 16.8 Å². The molecule has 1 aliphatic rings. The highest BCUT2D eigenvalue weighted by atomic mass is 19.1. The van der Waals surface area contributed by atoms with Crippen LogP contribution in [0.3, 0.4) is 0 Å². The molecule has 0 radical (unpaired) electrons. The van der Waals surface area contributed by atoms with Crippen LogP contribution in [0.25, 0.3) is 5.82 Å². The van der Waals surface area contributed by atoms with Crippen LogP contribution in [0.15, 0.2) is 42.7 Å². The van der Waals surface area contributed by atoms with E-state index in [0.29, 0.717) is 28.6 Å². The number of aryl methyl sites for hydroxylation is 1. The molecule has 4 rings (SSSR count). The maximum absolute atomic E-state index is 14.3. The van der Waals surface area contributed by atoms with Gasteiger partial charge in [-0.3, -0.25) is 0 Å². The maximum atomic E-state index is 14.3. The number of nitrogens with one attached hydrogen (secondary N) is 1. The second kappa shape index (κ2) is 5.61. The topological polar surface area (TPSA) is 94.8 Å². The molecule has 24 heavy (non-hydrogen) atoms. The summed E-state index contributed by atoms with van der Waals surface area (Å²) in [4.78, 5) is 4.47. The van der Waals surface area contributed by atoms with Crippen LogP contribution in [-0.2, 0) is 6.42 Å². The highest BCUT2D eigenvalue weighted by Crippen LogP contribution is 2.34. The number of hydrogen-bond acceptors (Lipinski definition) is 5. The number of fused-ring (bicyclic) bond motifs is 1. The molecule has 0 aliphatic heterocycles. The Morgan fingerprint density at radius 1 is 1.29 bits per heavy atom. The lowest BCUT2D eigenvalue weighted by atomic mass is 10.1. The number of anilines is 3. The summed E-state index contributed by atoms with van der Waals surface area (Å²) in [6.45, 7) is 0. The van der Waals surface area contributed by atoms with Gasteiger partial charge < -0.3 is 16.8 Å². The summed E-state index contributed by atoms with van der Waals surface area (Å²) in [5, 5.41) is 7.25. The van der Waals surface area contributed by atoms with Gasteiger partial charge in [0.15, 0.2) is 11.6 Å². The number of halogens is 1. The third-order valence-corrected chi connectivity index (χ3v) is 4.22. The van der Waals surface area contributed by atoms with Gasteiger partial charge in [0.2, 0.25) is 0 Å². The van der Waals surface area contributed by atoms with E-state index in [1.807, 2.05) is 12.1 Å². The number of benzene rings is 1. The van der Waals surface area contributed by atoms with Gasteiger partial charge in [-0.15, -0.1) is 0 Å². The third-order valence-electron chi connectivity index (χ3n) is 4.22. The van der Waals surface area contributed by atoms with Crippen molar-refractivity contribution in [2.75, 3.05) is 11.1 Å². The fourth-order valence-electron chi connectivity index (χ4n) is 3.05. The lowest BCUT2D eigenvalue weighted by Crippen LogP contribution is -2.08. The van der Waals surface area contributed by atoms with Crippen LogP contribution in [-0.4, -0.2) is 14.8 Å². The van der Waals surface area contributed by atoms with Gasteiger partial charge in [-0.25, -0.2) is 14.1 Å². The number of hydrogen-bond donors (Lipinski definition) is 3. The summed E-state index contributed by atoms with van der Waals surface area (Å²) in [5.74, 6) is 0.798. The Morgan fingerprint density at radius 3 is 2.96 bits per heavy atom. The van der Waals surface area contributed by atoms with Gasteiger partial charge in [0, 0.05) is 29.7 Å². The van der Waals surface area contributed by atoms with Crippen LogP contribution >= 0.6 is 0 Å². The summed E-state index contributed by atoms with van der Waals surface area (Å²) < 4.78 is 16.0. The van der Waals surface area contributed by atoms with Gasteiger partial charge in [0.05, 0.1) is 5.69 Å². The second-order valence-electron chi connectivity index (χ2n) is 5.86. The predicted octanol–water partition coefficient (Wildman–Crippen LogP) is 2.68. The minimum absolute atomic E-state index is 0.222. The molecule has 5 N–H and O–H groups in total. The molecule has 0 saturated carbocycles. The van der Waals surface area contributed by atoms with Crippen molar-refractivity contribution in [3.05, 3.63) is 59.7 Å². The van der Waals surface area contributed by atoms with Crippen LogP contribution in [0.2, 0.25) is 0 Å². The lowest BCUT2D eigenvalue weighted by molar-refractivity contribution is 0.589. The van der Waals surface area contributed by atoms with Crippen molar-refractivity contribution >= 4 is 17.2 Å². The second-order valence-corrected chi connectivity index (χ2v) is 5.86. The fourth-order valence-corrected chi connectivity index (χ4v) is 3.05. The summed E-state index contributed by atoms with van der Waals surface area (Å²) >= 11 is 0. The van der Waals surface area contributed by atoms with Crippen LogP contribution in [0.1, 0.15) is 23.6 Å². The minimum atomic E-state index is -0.290. The zero-order valence-electron chi connectivity index (χ0n) is 12.9. The average Bonchev–Trinajstić information content (AvgIpc) is 3.20. The first kappa shape index (κ1) is 14.6. The molecule has 1 aromatic carbocycles. The molecular formula is C17H17FN6. The normalized spacial score (nSPS) is 16.2. The van der Waals surface area contributed by atoms with Gasteiger partial charge in [-0.1, -0.05) is 0 Å². The Bertz CT molecular complexity index is 890. The highest BCUT2D eigenvalue weighted by Gasteiger charge is 2.23. The fraction of sp³-hybridized carbons (Fsp3) is 0.176. The SMILES string of the molecule is Nc1ccc(-n2cccn2)nc1Nc1cc(F)c2c(c1)CCC2N. The molecule has 0 bridgehead atoms. The van der Waals surface area contributed by atoms with E-state index in [1.54, 1.807) is 29.2 Å². The van der Waals surface area contributed by atoms with Crippen molar-refractivity contribution < 1.29 is 4.39 Å². The van der Waals surface area contributed by atoms with E-state index in [1.165, 1.54) is 6.07 Å². The largest absolute Gasteiger partial charge is 0.396 e. The number of pyridine rings is 1. The first-order valence-electron chi connectivity index (χ1n) is 7.73. The van der Waals surface area contributed by atoms with Gasteiger partial charge in [-0.05, 0) is 48.7 Å². The molecule has 7 heteroatoms. The number of nitrogens with two attached hydrogens (primary N) is 2. The summed E-state index contributed by atoms with van der Waals surface area (Å²) in [6.07, 6.45) is 5.01. The van der Waals surface area contributed by atoms with E-state index >= 15 is 0 Å². The molecule has 122 valence electrons. The van der Waals surface area contributed by atoms with Crippen molar-refractivity contribution in [3.8, 4) is 5.82 Å². The summed E-state index contributed by atoms with van der Waals surface area (Å²) in [5.41, 5.74) is 14.6. The maximum Gasteiger partial charge on any atom is 0.156 e. The Hall–Kier alpha value is -2.93. The minimum Gasteiger partial charge on any atom is -0.396 e. The molecule has 1 aliphatic carbocycles. The predicted molar refractivity (Wildman–Crippen MR) is 90.7 cm³/mol. The Kier molecular flexibility index (Phi) is 3.42. The number of rotatable bonds is 3. The van der Waals surface area contributed by atoms with Crippen LogP contribution in [0.5, 0.6) is 0 Å². The van der Waals surface area contributed by atoms with Gasteiger partial charge in [0.25, 0.3) is 0 Å². The van der Waals surface area contributed by atoms with Crippen molar-refractivity contribution in [3.63, 3.8) is 0 Å². The van der Waals surface area contributed by atoms with Gasteiger partial charge in [0.1, 0.15) is 5.82 Å². The molecule has 2 heterocycles. The van der Waals surface area contributed by atoms with E-state index in [-0.39, 0.29) is 11.9 Å². The standard InChI is InChI=1S/C17H17FN6/c18-12-9-11(8-10-2-3-13(19)16(10)12)22-17-14(20)4-5-15(23-17)24-7-1-6-21-24/h1,4-9,13H,2-3,19-20H2,(H,22,23). The molecule has 6 nitrogen and oxygen atoms in total. The number of aromatic nitrogens is 3. The van der Waals surface area contributed by atoms with Crippen LogP contribution in [0, 0.1) is 5.82 Å². The van der Waals surface area contributed by atoms with E-state index in [4.69, 9.17) is 11.5 Å². The molecule has 0 spiro atoms. The average molecular weight is 324 g/mol. The molecule has 1 atom stereocenters. The lowest BCUT2D eigenvalue weighted by Gasteiger charge is -2.13. The van der Waals surface area contributed by atoms with Gasteiger partial charge in [-0.2, -0.15) is 5.10 Å². The molecule has 2 aromatic heterocycles. The number of nitrogen functional groups attached to an aromatic ring is 1. The first-order valence-corrected chi connectivity index (χ1v) is 7.73. The van der Waals surface area contributed by atoms with E-state index in [9.17, 15) is 4.39 Å². The quantitative estimate of drug-likeness (QED) is 0.688. The smallest absolute Gasteiger partial charge is 0.156 e. The molecule has 0 fully saturated rings. The van der Waals surface area contributed by atoms with Crippen LogP contribution in [0.4, 0.5) is 21.6 Å². The molecule has 3 aromatic rings. The zero-order valence-corrected chi connectivity index (χ0v) is 12.9. The van der Waals surface area contributed by atoms with E-state index < -0.39 is 0 Å². The van der Waals surface area contributed by atoms with E-state index in [2.05, 4.69) is 15.4 Å². The van der Waals surface area contributed by atoms with Gasteiger partial charge >= 0.3 is 0 Å². The van der Waals surface area contributed by atoms with Crippen molar-refractivity contribution in [1.29, 1.82) is 0 Å². The first-order chi connectivity index (χ1) is 11.6. The summed E-state index contributed by atoms with van der Waals surface area (Å²) in [6, 6.07) is 8.45. The molecule has 0 amide bonds. The van der Waals surface area contributed by atoms with E-state index in [0.717, 1.165) is 18.4 Å². The van der Waals surface area contributed by atoms with Crippen molar-refractivity contribution in [1.82, 2.24) is 14.8 Å². The molecule has 0 saturated heterocycles. The summed E-state index contributed by atoms with van der Waals surface area (Å²) in [7, 11) is 0. The third kappa shape index (κ3) is 2.48. The Morgan fingerprint density at radius 2 is 2.17 bits per heavy atom. The molecule has 1 unspecified atom stereocenters. The molecular weight excluding hydrogens is 307 g/mol. The van der Waals surface area contributed by atoms with Crippen molar-refractivity contribution in [2.24, 2.45) is 5.73 Å². The number of nitrogens with zero attached hydrogens (tertiary/aromatic N) is 3.